The van der Waals surface area contributed by atoms with Crippen LogP contribution in [0, 0.1) is 0 Å². The van der Waals surface area contributed by atoms with Gasteiger partial charge in [0.15, 0.2) is 5.78 Å². The van der Waals surface area contributed by atoms with Crippen LogP contribution in [-0.2, 0) is 0 Å². The van der Waals surface area contributed by atoms with Gasteiger partial charge in [0.05, 0.1) is 5.56 Å². The molecule has 1 heterocycles. The minimum absolute atomic E-state index is 0.184. The van der Waals surface area contributed by atoms with Crippen LogP contribution in [-0.4, -0.2) is 10.8 Å². The highest BCUT2D eigenvalue weighted by Gasteiger charge is 2.11. The molecule has 1 aromatic heterocycles. The second-order valence-electron chi connectivity index (χ2n) is 5.86. The first-order chi connectivity index (χ1) is 11.6. The number of hydrogen-bond donors (Lipinski definition) is 1. The van der Waals surface area contributed by atoms with Gasteiger partial charge >= 0.3 is 0 Å². The lowest BCUT2D eigenvalue weighted by Crippen LogP contribution is -2.16. The summed E-state index contributed by atoms with van der Waals surface area (Å²) in [6.45, 7) is 1.40. The maximum absolute atomic E-state index is 12.2. The van der Waals surface area contributed by atoms with Crippen molar-refractivity contribution in [2.45, 2.75) is 6.92 Å². The molecular weight excluding hydrogens is 298 g/mol. The van der Waals surface area contributed by atoms with E-state index in [-0.39, 0.29) is 16.9 Å². The van der Waals surface area contributed by atoms with Gasteiger partial charge in [-0.2, -0.15) is 0 Å². The lowest BCUT2D eigenvalue weighted by atomic mass is 9.95. The zero-order valence-corrected chi connectivity index (χ0v) is 13.2. The summed E-state index contributed by atoms with van der Waals surface area (Å²) in [4.78, 5) is 26.5. The molecule has 0 aliphatic rings. The fourth-order valence-corrected chi connectivity index (χ4v) is 3.19. The van der Waals surface area contributed by atoms with Gasteiger partial charge in [-0.15, -0.1) is 0 Å². The molecule has 3 heteroatoms. The molecule has 116 valence electrons. The molecule has 3 nitrogen and oxygen atoms in total. The molecule has 3 aromatic carbocycles. The predicted octanol–water partition coefficient (Wildman–Crippen LogP) is 4.55. The quantitative estimate of drug-likeness (QED) is 0.436. The molecule has 24 heavy (non-hydrogen) atoms. The second kappa shape index (κ2) is 5.46. The Hall–Kier alpha value is -3.20. The molecule has 0 atom stereocenters. The van der Waals surface area contributed by atoms with Crippen LogP contribution in [0.5, 0.6) is 0 Å². The second-order valence-corrected chi connectivity index (χ2v) is 5.86. The summed E-state index contributed by atoms with van der Waals surface area (Å²) in [6.07, 6.45) is 0. The van der Waals surface area contributed by atoms with Crippen LogP contribution in [0.25, 0.3) is 32.8 Å². The minimum Gasteiger partial charge on any atom is -0.321 e. The van der Waals surface area contributed by atoms with E-state index in [4.69, 9.17) is 0 Å². The third-order valence-electron chi connectivity index (χ3n) is 4.35. The summed E-state index contributed by atoms with van der Waals surface area (Å²) >= 11 is 0. The summed E-state index contributed by atoms with van der Waals surface area (Å²) < 4.78 is 0. The molecule has 0 fully saturated rings. The van der Waals surface area contributed by atoms with Crippen LogP contribution in [0.3, 0.4) is 0 Å². The van der Waals surface area contributed by atoms with Crippen molar-refractivity contribution < 1.29 is 4.79 Å². The smallest absolute Gasteiger partial charge is 0.259 e. The molecule has 1 N–H and O–H groups in total. The number of aromatic amines is 1. The van der Waals surface area contributed by atoms with Crippen molar-refractivity contribution in [2.75, 3.05) is 0 Å². The summed E-state index contributed by atoms with van der Waals surface area (Å²) in [7, 11) is 0. The highest BCUT2D eigenvalue weighted by molar-refractivity contribution is 6.13. The van der Waals surface area contributed by atoms with Crippen molar-refractivity contribution in [1.82, 2.24) is 4.98 Å². The Kier molecular flexibility index (Phi) is 3.28. The first kappa shape index (κ1) is 14.4. The van der Waals surface area contributed by atoms with Gasteiger partial charge in [0.25, 0.3) is 5.56 Å². The minimum atomic E-state index is -0.350. The van der Waals surface area contributed by atoms with Crippen LogP contribution in [0.2, 0.25) is 0 Å². The molecule has 4 aromatic rings. The largest absolute Gasteiger partial charge is 0.321 e. The molecular formula is C21H15NO2. The Morgan fingerprint density at radius 2 is 1.50 bits per heavy atom. The maximum Gasteiger partial charge on any atom is 0.259 e. The van der Waals surface area contributed by atoms with E-state index in [9.17, 15) is 9.59 Å². The van der Waals surface area contributed by atoms with Gasteiger partial charge < -0.3 is 4.98 Å². The lowest BCUT2D eigenvalue weighted by Gasteiger charge is -2.11. The topological polar surface area (TPSA) is 49.9 Å². The number of nitrogens with one attached hydrogen (secondary N) is 1. The first-order valence-corrected chi connectivity index (χ1v) is 7.80. The van der Waals surface area contributed by atoms with Crippen molar-refractivity contribution in [3.8, 4) is 11.3 Å². The lowest BCUT2D eigenvalue weighted by molar-refractivity contribution is 0.101. The van der Waals surface area contributed by atoms with Crippen molar-refractivity contribution >= 4 is 27.3 Å². The molecule has 0 radical (unpaired) electrons. The third kappa shape index (κ3) is 2.22. The molecule has 0 saturated carbocycles. The van der Waals surface area contributed by atoms with Gasteiger partial charge in [0.1, 0.15) is 0 Å². The monoisotopic (exact) mass is 313 g/mol. The molecule has 0 aliphatic carbocycles. The van der Waals surface area contributed by atoms with Crippen molar-refractivity contribution in [1.29, 1.82) is 0 Å². The van der Waals surface area contributed by atoms with Gasteiger partial charge in [-0.1, -0.05) is 48.5 Å². The summed E-state index contributed by atoms with van der Waals surface area (Å²) in [6, 6.07) is 21.8. The zero-order valence-electron chi connectivity index (χ0n) is 13.2. The Morgan fingerprint density at radius 3 is 2.21 bits per heavy atom. The van der Waals surface area contributed by atoms with E-state index in [0.717, 1.165) is 21.7 Å². The maximum atomic E-state index is 12.2. The van der Waals surface area contributed by atoms with E-state index in [1.165, 1.54) is 12.3 Å². The normalized spacial score (nSPS) is 11.0. The van der Waals surface area contributed by atoms with E-state index in [2.05, 4.69) is 29.2 Å². The number of rotatable bonds is 2. The Labute approximate surface area is 138 Å². The number of carbonyl (C=O) groups excluding carboxylic acids is 1. The van der Waals surface area contributed by atoms with E-state index in [1.807, 2.05) is 30.3 Å². The Bertz CT molecular complexity index is 1160. The molecule has 0 saturated heterocycles. The van der Waals surface area contributed by atoms with Crippen LogP contribution in [0.1, 0.15) is 17.3 Å². The number of ketones is 1. The highest BCUT2D eigenvalue weighted by atomic mass is 16.1. The van der Waals surface area contributed by atoms with E-state index in [0.29, 0.717) is 5.69 Å². The number of aromatic nitrogens is 1. The van der Waals surface area contributed by atoms with Crippen LogP contribution in [0.15, 0.2) is 71.5 Å². The van der Waals surface area contributed by atoms with Gasteiger partial charge in [-0.05, 0) is 46.7 Å². The fourth-order valence-electron chi connectivity index (χ4n) is 3.19. The van der Waals surface area contributed by atoms with Crippen LogP contribution in [0.4, 0.5) is 0 Å². The van der Waals surface area contributed by atoms with Gasteiger partial charge in [-0.3, -0.25) is 9.59 Å². The number of hydrogen-bond acceptors (Lipinski definition) is 2. The summed E-state index contributed by atoms with van der Waals surface area (Å²) in [5.74, 6) is -0.230. The number of Topliss-reactive ketones (excluding diaryl/α,β-unsaturated/α-hetero) is 1. The first-order valence-electron chi connectivity index (χ1n) is 7.80. The molecule has 0 aliphatic heterocycles. The highest BCUT2D eigenvalue weighted by Crippen LogP contribution is 2.33. The molecule has 0 amide bonds. The SMILES string of the molecule is CC(=O)c1ccc(-c2cc3ccccc3c3ccccc23)[nH]c1=O. The number of benzene rings is 3. The summed E-state index contributed by atoms with van der Waals surface area (Å²) in [5, 5.41) is 4.51. The van der Waals surface area contributed by atoms with Crippen molar-refractivity contribution in [3.05, 3.63) is 82.6 Å². The average Bonchev–Trinajstić information content (AvgIpc) is 2.60. The fraction of sp³-hybridized carbons (Fsp3) is 0.0476. The summed E-state index contributed by atoms with van der Waals surface area (Å²) in [5.41, 5.74) is 1.50. The predicted molar refractivity (Wildman–Crippen MR) is 97.5 cm³/mol. The van der Waals surface area contributed by atoms with E-state index >= 15 is 0 Å². The van der Waals surface area contributed by atoms with E-state index < -0.39 is 0 Å². The van der Waals surface area contributed by atoms with Gasteiger partial charge in [0, 0.05) is 11.3 Å². The van der Waals surface area contributed by atoms with Gasteiger partial charge in [0.2, 0.25) is 0 Å². The number of fused-ring (bicyclic) bond motifs is 3. The van der Waals surface area contributed by atoms with Crippen LogP contribution < -0.4 is 5.56 Å². The Balaban J connectivity index is 2.07. The average molecular weight is 313 g/mol. The standard InChI is InChI=1S/C21H15NO2/c1-13(23)15-10-11-20(22-21(15)24)19-12-14-6-2-3-7-16(14)17-8-4-5-9-18(17)19/h2-12H,1H3,(H,22,24). The number of pyridine rings is 1. The van der Waals surface area contributed by atoms with E-state index in [1.54, 1.807) is 12.1 Å². The van der Waals surface area contributed by atoms with Crippen molar-refractivity contribution in [3.63, 3.8) is 0 Å². The molecule has 0 spiro atoms. The van der Waals surface area contributed by atoms with Crippen molar-refractivity contribution in [2.24, 2.45) is 0 Å². The molecule has 0 unspecified atom stereocenters. The Morgan fingerprint density at radius 1 is 0.833 bits per heavy atom. The number of carbonyl (C=O) groups is 1. The van der Waals surface area contributed by atoms with Gasteiger partial charge in [-0.25, -0.2) is 0 Å². The zero-order chi connectivity index (χ0) is 16.7. The van der Waals surface area contributed by atoms with Crippen LogP contribution >= 0.6 is 0 Å². The third-order valence-corrected chi connectivity index (χ3v) is 4.35. The number of H-pyrrole nitrogens is 1. The molecule has 0 bridgehead atoms. The molecule has 4 rings (SSSR count).